The molecule has 4 heterocycles. The number of hydrogen-bond donors (Lipinski definition) is 4. The molecule has 0 bridgehead atoms. The number of carbonyl (C=O) groups excluding carboxylic acids is 1. The molecule has 6 aromatic rings. The monoisotopic (exact) mass is 979 g/mol. The van der Waals surface area contributed by atoms with E-state index in [2.05, 4.69) is 49.7 Å². The summed E-state index contributed by atoms with van der Waals surface area (Å²) in [6, 6.07) is 18.1. The topological polar surface area (TPSA) is 183 Å². The minimum absolute atomic E-state index is 0.0737. The zero-order chi connectivity index (χ0) is 48.7. The van der Waals surface area contributed by atoms with E-state index in [-0.39, 0.29) is 28.3 Å². The number of amides is 1. The van der Waals surface area contributed by atoms with Crippen LogP contribution in [0.25, 0.3) is 27.7 Å². The standard InChI is InChI=1S/C51H55F2N7O7S2/c1-50(2)14-12-35(41(27-50)47-24-36(31-68-47)33-4-8-42(52)43(53)23-33)30-58-18-20-59(21-19-58)37-5-7-40(46(25-37)67-38-22-34-13-17-54-48(34)56-29-38)49(61)57-69(65,66)39-6-9-44(45(26-39)60(63)64)55-28-32-10-15-51(3,62)16-11-32/h4-9,13,17,22-26,29,31-32,55,62H,10-12,14-16,18-21,27-28,30H2,1-3H3,(H,54,56)(H,57,61)/t32-,51-. The number of ether oxygens (including phenoxy) is 1. The van der Waals surface area contributed by atoms with Crippen molar-refractivity contribution >= 4 is 60.9 Å². The maximum Gasteiger partial charge on any atom is 0.293 e. The summed E-state index contributed by atoms with van der Waals surface area (Å²) in [6.07, 6.45) is 8.91. The number of aromatic amines is 1. The molecule has 3 aliphatic rings. The van der Waals surface area contributed by atoms with Crippen molar-refractivity contribution in [3.05, 3.63) is 128 Å². The second-order valence-corrected chi connectivity index (χ2v) is 22.2. The average molecular weight is 980 g/mol. The summed E-state index contributed by atoms with van der Waals surface area (Å²) in [4.78, 5) is 38.3. The number of piperazine rings is 1. The molecule has 1 aliphatic heterocycles. The van der Waals surface area contributed by atoms with Gasteiger partial charge in [0.25, 0.3) is 21.6 Å². The molecule has 9 rings (SSSR count). The first kappa shape index (κ1) is 47.8. The van der Waals surface area contributed by atoms with E-state index in [0.717, 1.165) is 85.4 Å². The van der Waals surface area contributed by atoms with Crippen LogP contribution in [0.5, 0.6) is 11.5 Å². The van der Waals surface area contributed by atoms with Gasteiger partial charge < -0.3 is 25.0 Å². The van der Waals surface area contributed by atoms with Gasteiger partial charge in [-0.15, -0.1) is 11.3 Å². The zero-order valence-corrected chi connectivity index (χ0v) is 40.3. The highest BCUT2D eigenvalue weighted by Crippen LogP contribution is 2.46. The van der Waals surface area contributed by atoms with Crippen LogP contribution in [0.15, 0.2) is 101 Å². The lowest BCUT2D eigenvalue weighted by atomic mass is 9.73. The van der Waals surface area contributed by atoms with Crippen molar-refractivity contribution in [2.75, 3.05) is 49.5 Å². The van der Waals surface area contributed by atoms with Gasteiger partial charge in [-0.3, -0.25) is 19.8 Å². The highest BCUT2D eigenvalue weighted by Gasteiger charge is 2.32. The second kappa shape index (κ2) is 19.3. The number of fused-ring (bicyclic) bond motifs is 1. The van der Waals surface area contributed by atoms with Gasteiger partial charge in [0.2, 0.25) is 0 Å². The molecule has 18 heteroatoms. The largest absolute Gasteiger partial charge is 0.455 e. The summed E-state index contributed by atoms with van der Waals surface area (Å²) in [5.74, 6) is -2.13. The lowest BCUT2D eigenvalue weighted by Gasteiger charge is -2.39. The normalized spacial score (nSPS) is 20.0. The summed E-state index contributed by atoms with van der Waals surface area (Å²) in [5.41, 5.74) is 4.61. The quantitative estimate of drug-likeness (QED) is 0.0602. The van der Waals surface area contributed by atoms with E-state index in [9.17, 15) is 37.2 Å². The van der Waals surface area contributed by atoms with Gasteiger partial charge in [0.05, 0.1) is 27.2 Å². The Kier molecular flexibility index (Phi) is 13.4. The van der Waals surface area contributed by atoms with E-state index in [1.54, 1.807) is 48.7 Å². The number of allylic oxidation sites excluding steroid dienone is 1. The van der Waals surface area contributed by atoms with Crippen molar-refractivity contribution in [3.8, 4) is 22.6 Å². The van der Waals surface area contributed by atoms with Gasteiger partial charge in [0.1, 0.15) is 22.8 Å². The molecule has 2 fully saturated rings. The van der Waals surface area contributed by atoms with Crippen LogP contribution < -0.4 is 19.7 Å². The molecule has 14 nitrogen and oxygen atoms in total. The minimum Gasteiger partial charge on any atom is -0.455 e. The Hall–Kier alpha value is -6.21. The van der Waals surface area contributed by atoms with Crippen LogP contribution in [-0.4, -0.2) is 84.1 Å². The van der Waals surface area contributed by atoms with Crippen molar-refractivity contribution in [3.63, 3.8) is 0 Å². The van der Waals surface area contributed by atoms with Crippen LogP contribution in [-0.2, 0) is 10.0 Å². The number of halogens is 2. The number of nitro groups is 1. The Bertz CT molecular complexity index is 3060. The highest BCUT2D eigenvalue weighted by atomic mass is 32.2. The van der Waals surface area contributed by atoms with Crippen LogP contribution in [0.2, 0.25) is 0 Å². The Balaban J connectivity index is 0.915. The van der Waals surface area contributed by atoms with Crippen LogP contribution in [0.1, 0.15) is 81.0 Å². The van der Waals surface area contributed by atoms with Crippen LogP contribution in [0.3, 0.4) is 0 Å². The van der Waals surface area contributed by atoms with E-state index in [4.69, 9.17) is 4.74 Å². The number of H-pyrrole nitrogens is 1. The summed E-state index contributed by atoms with van der Waals surface area (Å²) >= 11 is 1.63. The summed E-state index contributed by atoms with van der Waals surface area (Å²) in [6.45, 7) is 10.4. The van der Waals surface area contributed by atoms with Crippen LogP contribution in [0.4, 0.5) is 25.8 Å². The number of nitrogens with zero attached hydrogens (tertiary/aromatic N) is 4. The van der Waals surface area contributed by atoms with E-state index >= 15 is 0 Å². The molecular formula is C51H55F2N7O7S2. The maximum atomic E-state index is 14.1. The highest BCUT2D eigenvalue weighted by molar-refractivity contribution is 7.90. The number of nitrogens with one attached hydrogen (secondary N) is 3. The number of anilines is 2. The molecule has 0 spiro atoms. The zero-order valence-electron chi connectivity index (χ0n) is 38.7. The Morgan fingerprint density at radius 1 is 0.971 bits per heavy atom. The molecule has 4 N–H and O–H groups in total. The molecule has 1 saturated heterocycles. The molecule has 0 radical (unpaired) electrons. The number of sulfonamides is 1. The molecule has 2 aliphatic carbocycles. The van der Waals surface area contributed by atoms with E-state index in [1.807, 2.05) is 11.4 Å². The minimum atomic E-state index is -4.61. The third kappa shape index (κ3) is 11.0. The number of thiophene rings is 1. The Morgan fingerprint density at radius 3 is 2.51 bits per heavy atom. The van der Waals surface area contributed by atoms with Crippen molar-refractivity contribution in [2.45, 2.75) is 76.2 Å². The number of carbonyl (C=O) groups is 1. The molecule has 69 heavy (non-hydrogen) atoms. The van der Waals surface area contributed by atoms with Gasteiger partial charge in [0, 0.05) is 73.5 Å². The van der Waals surface area contributed by atoms with E-state index in [0.29, 0.717) is 49.4 Å². The summed E-state index contributed by atoms with van der Waals surface area (Å²) in [7, 11) is -4.61. The number of pyridine rings is 1. The Labute approximate surface area is 403 Å². The number of rotatable bonds is 14. The number of benzene rings is 3. The maximum absolute atomic E-state index is 14.1. The lowest BCUT2D eigenvalue weighted by Crippen LogP contribution is -2.47. The van der Waals surface area contributed by atoms with Crippen LogP contribution in [0, 0.1) is 33.1 Å². The molecule has 362 valence electrons. The van der Waals surface area contributed by atoms with E-state index in [1.165, 1.54) is 41.6 Å². The number of nitro benzene ring substituents is 1. The first-order chi connectivity index (χ1) is 32.9. The van der Waals surface area contributed by atoms with Gasteiger partial charge in [-0.1, -0.05) is 25.5 Å². The average Bonchev–Trinajstić information content (AvgIpc) is 4.01. The third-order valence-corrected chi connectivity index (χ3v) is 16.1. The first-order valence-corrected chi connectivity index (χ1v) is 25.5. The van der Waals surface area contributed by atoms with Gasteiger partial charge >= 0.3 is 0 Å². The summed E-state index contributed by atoms with van der Waals surface area (Å²) < 4.78 is 63.8. The number of aromatic nitrogens is 2. The predicted octanol–water partition coefficient (Wildman–Crippen LogP) is 10.5. The number of aliphatic hydroxyl groups is 1. The molecule has 1 amide bonds. The van der Waals surface area contributed by atoms with E-state index < -0.39 is 48.7 Å². The smallest absolute Gasteiger partial charge is 0.293 e. The van der Waals surface area contributed by atoms with Gasteiger partial charge in [-0.05, 0) is 140 Å². The summed E-state index contributed by atoms with van der Waals surface area (Å²) in [5, 5.41) is 28.4. The molecular weight excluding hydrogens is 925 g/mol. The van der Waals surface area contributed by atoms with Crippen LogP contribution >= 0.6 is 11.3 Å². The third-order valence-electron chi connectivity index (χ3n) is 13.8. The molecule has 0 atom stereocenters. The van der Waals surface area contributed by atoms with Gasteiger partial charge in [0.15, 0.2) is 11.6 Å². The van der Waals surface area contributed by atoms with Gasteiger partial charge in [-0.2, -0.15) is 0 Å². The predicted molar refractivity (Wildman–Crippen MR) is 264 cm³/mol. The fourth-order valence-corrected chi connectivity index (χ4v) is 11.6. The first-order valence-electron chi connectivity index (χ1n) is 23.2. The SMILES string of the molecule is CC1(C)CCC(CN2CCN(c3ccc(C(=O)NS(=O)(=O)c4ccc(NC[C@H]5CC[C@](C)(O)CC5)c([N+](=O)[O-])c4)c(Oc4cnc5[nH]ccc5c4)c3)CC2)=C(c2cc(-c3ccc(F)c(F)c3)cs2)C1. The Morgan fingerprint density at radius 2 is 1.75 bits per heavy atom. The molecule has 3 aromatic carbocycles. The van der Waals surface area contributed by atoms with Crippen molar-refractivity contribution in [2.24, 2.45) is 11.3 Å². The fraction of sp³-hybridized carbons (Fsp3) is 0.373. The molecule has 0 unspecified atom stereocenters. The fourth-order valence-electron chi connectivity index (χ4n) is 9.58. The van der Waals surface area contributed by atoms with Crippen molar-refractivity contribution in [1.29, 1.82) is 0 Å². The van der Waals surface area contributed by atoms with Crippen molar-refractivity contribution < 1.29 is 36.8 Å². The molecule has 1 saturated carbocycles. The van der Waals surface area contributed by atoms with Crippen molar-refractivity contribution in [1.82, 2.24) is 19.6 Å². The van der Waals surface area contributed by atoms with Gasteiger partial charge in [-0.25, -0.2) is 26.9 Å². The second-order valence-electron chi connectivity index (χ2n) is 19.6. The molecule has 3 aromatic heterocycles. The number of hydrogen-bond acceptors (Lipinski definition) is 12. The lowest BCUT2D eigenvalue weighted by molar-refractivity contribution is -0.384.